The highest BCUT2D eigenvalue weighted by atomic mass is 32.2. The number of carbonyl (C=O) groups is 1. The molecule has 0 aromatic heterocycles. The molecule has 2 rings (SSSR count). The van der Waals surface area contributed by atoms with Gasteiger partial charge in [-0.05, 0) is 38.1 Å². The molecular formula is C17H19N3O6S. The van der Waals surface area contributed by atoms with Gasteiger partial charge in [0, 0.05) is 12.6 Å². The van der Waals surface area contributed by atoms with E-state index in [1.807, 2.05) is 6.92 Å². The fourth-order valence-electron chi connectivity index (χ4n) is 2.35. The Bertz CT molecular complexity index is 959. The molecule has 2 aromatic carbocycles. The van der Waals surface area contributed by atoms with Gasteiger partial charge in [-0.1, -0.05) is 12.1 Å². The minimum atomic E-state index is -4.27. The number of rotatable bonds is 8. The summed E-state index contributed by atoms with van der Waals surface area (Å²) in [5, 5.41) is 14.1. The molecule has 0 bridgehead atoms. The maximum atomic E-state index is 12.7. The number of hydrogen-bond donors (Lipinski definition) is 2. The molecule has 144 valence electrons. The summed E-state index contributed by atoms with van der Waals surface area (Å²) in [6, 6.07) is 9.37. The molecule has 0 radical (unpaired) electrons. The molecule has 27 heavy (non-hydrogen) atoms. The minimum Gasteiger partial charge on any atom is -0.462 e. The molecule has 0 aliphatic heterocycles. The van der Waals surface area contributed by atoms with Crippen molar-refractivity contribution in [1.82, 2.24) is 0 Å². The number of anilines is 2. The second-order valence-corrected chi connectivity index (χ2v) is 6.99. The zero-order chi connectivity index (χ0) is 20.0. The number of benzene rings is 2. The number of carbonyl (C=O) groups excluding carboxylic acids is 1. The lowest BCUT2D eigenvalue weighted by Gasteiger charge is -2.15. The summed E-state index contributed by atoms with van der Waals surface area (Å²) < 4.78 is 32.7. The quantitative estimate of drug-likeness (QED) is 0.401. The van der Waals surface area contributed by atoms with Crippen molar-refractivity contribution in [3.8, 4) is 0 Å². The fourth-order valence-corrected chi connectivity index (χ4v) is 3.59. The number of para-hydroxylation sites is 1. The number of nitro benzene ring substituents is 1. The van der Waals surface area contributed by atoms with E-state index in [2.05, 4.69) is 10.0 Å². The average molecular weight is 393 g/mol. The van der Waals surface area contributed by atoms with Gasteiger partial charge < -0.3 is 10.1 Å². The number of nitro groups is 1. The van der Waals surface area contributed by atoms with E-state index in [-0.39, 0.29) is 17.9 Å². The van der Waals surface area contributed by atoms with E-state index in [1.54, 1.807) is 6.92 Å². The van der Waals surface area contributed by atoms with Gasteiger partial charge in [-0.3, -0.25) is 14.8 Å². The summed E-state index contributed by atoms with van der Waals surface area (Å²) in [5.74, 6) is -0.605. The van der Waals surface area contributed by atoms with Gasteiger partial charge in [0.25, 0.3) is 15.7 Å². The highest BCUT2D eigenvalue weighted by Crippen LogP contribution is 2.29. The van der Waals surface area contributed by atoms with Gasteiger partial charge in [0.1, 0.15) is 0 Å². The van der Waals surface area contributed by atoms with Crippen LogP contribution in [0.3, 0.4) is 0 Å². The van der Waals surface area contributed by atoms with Gasteiger partial charge in [-0.2, -0.15) is 0 Å². The summed E-state index contributed by atoms with van der Waals surface area (Å²) in [4.78, 5) is 21.8. The van der Waals surface area contributed by atoms with Crippen LogP contribution in [0.15, 0.2) is 47.4 Å². The van der Waals surface area contributed by atoms with E-state index in [9.17, 15) is 23.3 Å². The predicted molar refractivity (Wildman–Crippen MR) is 100 cm³/mol. The second kappa shape index (κ2) is 8.49. The molecule has 0 aliphatic carbocycles. The van der Waals surface area contributed by atoms with Gasteiger partial charge in [0.2, 0.25) is 0 Å². The monoisotopic (exact) mass is 393 g/mol. The van der Waals surface area contributed by atoms with Gasteiger partial charge in [0.05, 0.1) is 28.5 Å². The lowest BCUT2D eigenvalue weighted by Crippen LogP contribution is -2.17. The molecule has 0 saturated carbocycles. The van der Waals surface area contributed by atoms with Gasteiger partial charge in [-0.25, -0.2) is 13.2 Å². The van der Waals surface area contributed by atoms with E-state index in [4.69, 9.17) is 4.74 Å². The van der Waals surface area contributed by atoms with Crippen molar-refractivity contribution in [2.24, 2.45) is 0 Å². The topological polar surface area (TPSA) is 128 Å². The summed E-state index contributed by atoms with van der Waals surface area (Å²) >= 11 is 0. The summed E-state index contributed by atoms with van der Waals surface area (Å²) in [5.41, 5.74) is 0.114. The first-order valence-electron chi connectivity index (χ1n) is 8.11. The van der Waals surface area contributed by atoms with Crippen LogP contribution in [0.25, 0.3) is 0 Å². The van der Waals surface area contributed by atoms with Crippen LogP contribution < -0.4 is 10.0 Å². The van der Waals surface area contributed by atoms with Gasteiger partial charge in [0.15, 0.2) is 4.90 Å². The molecular weight excluding hydrogens is 374 g/mol. The van der Waals surface area contributed by atoms with Crippen LogP contribution in [-0.4, -0.2) is 32.5 Å². The Morgan fingerprint density at radius 3 is 2.48 bits per heavy atom. The molecule has 10 heteroatoms. The summed E-state index contributed by atoms with van der Waals surface area (Å²) in [6.07, 6.45) is 0. The predicted octanol–water partition coefficient (Wildman–Crippen LogP) is 3.00. The van der Waals surface area contributed by atoms with Crippen LogP contribution in [-0.2, 0) is 14.8 Å². The number of esters is 1. The molecule has 2 N–H and O–H groups in total. The summed E-state index contributed by atoms with van der Waals surface area (Å²) in [7, 11) is -4.27. The largest absolute Gasteiger partial charge is 0.462 e. The Labute approximate surface area is 156 Å². The van der Waals surface area contributed by atoms with E-state index in [0.29, 0.717) is 12.2 Å². The Morgan fingerprint density at radius 1 is 1.15 bits per heavy atom. The molecule has 0 heterocycles. The maximum Gasteiger partial charge on any atom is 0.338 e. The first kappa shape index (κ1) is 20.2. The number of nitrogens with one attached hydrogen (secondary N) is 2. The van der Waals surface area contributed by atoms with Crippen LogP contribution >= 0.6 is 0 Å². The van der Waals surface area contributed by atoms with Crippen molar-refractivity contribution in [3.63, 3.8) is 0 Å². The van der Waals surface area contributed by atoms with Crippen molar-refractivity contribution in [3.05, 3.63) is 58.1 Å². The average Bonchev–Trinajstić information content (AvgIpc) is 2.63. The summed E-state index contributed by atoms with van der Waals surface area (Å²) in [6.45, 7) is 4.15. The van der Waals surface area contributed by atoms with Crippen molar-refractivity contribution in [2.75, 3.05) is 23.2 Å². The molecule has 0 amide bonds. The fraction of sp³-hybridized carbons (Fsp3) is 0.235. The zero-order valence-electron chi connectivity index (χ0n) is 14.8. The lowest BCUT2D eigenvalue weighted by atomic mass is 10.1. The minimum absolute atomic E-state index is 0.0838. The Hall–Kier alpha value is -3.14. The molecule has 9 nitrogen and oxygen atoms in total. The third-order valence-electron chi connectivity index (χ3n) is 3.49. The van der Waals surface area contributed by atoms with Crippen molar-refractivity contribution in [2.45, 2.75) is 18.7 Å². The normalized spacial score (nSPS) is 10.9. The Kier molecular flexibility index (Phi) is 6.35. The molecule has 0 spiro atoms. The molecule has 2 aromatic rings. The SMILES string of the molecule is CCNc1ccc(C(=O)OCC)cc1NS(=O)(=O)c1ccccc1[N+](=O)[O-]. The highest BCUT2D eigenvalue weighted by molar-refractivity contribution is 7.92. The standard InChI is InChI=1S/C17H19N3O6S/c1-3-18-13-10-9-12(17(21)26-4-2)11-14(13)19-27(24,25)16-8-6-5-7-15(16)20(22)23/h5-11,18-19H,3-4H2,1-2H3. The molecule has 0 unspecified atom stereocenters. The Balaban J connectivity index is 2.49. The van der Waals surface area contributed by atoms with E-state index >= 15 is 0 Å². The zero-order valence-corrected chi connectivity index (χ0v) is 15.6. The van der Waals surface area contributed by atoms with Crippen LogP contribution in [0.2, 0.25) is 0 Å². The van der Waals surface area contributed by atoms with Gasteiger partial charge >= 0.3 is 5.97 Å². The third kappa shape index (κ3) is 4.73. The maximum absolute atomic E-state index is 12.7. The number of nitrogens with zero attached hydrogens (tertiary/aromatic N) is 1. The van der Waals surface area contributed by atoms with Crippen molar-refractivity contribution < 1.29 is 22.9 Å². The second-order valence-electron chi connectivity index (χ2n) is 5.34. The number of ether oxygens (including phenoxy) is 1. The van der Waals surface area contributed by atoms with Crippen molar-refractivity contribution in [1.29, 1.82) is 0 Å². The first-order valence-corrected chi connectivity index (χ1v) is 9.59. The van der Waals surface area contributed by atoms with Crippen molar-refractivity contribution >= 4 is 33.1 Å². The van der Waals surface area contributed by atoms with Crippen LogP contribution in [0.5, 0.6) is 0 Å². The number of sulfonamides is 1. The third-order valence-corrected chi connectivity index (χ3v) is 4.91. The first-order chi connectivity index (χ1) is 12.8. The molecule has 0 aliphatic rings. The van der Waals surface area contributed by atoms with Crippen LogP contribution in [0.4, 0.5) is 17.1 Å². The van der Waals surface area contributed by atoms with E-state index in [0.717, 1.165) is 12.1 Å². The molecule has 0 fully saturated rings. The highest BCUT2D eigenvalue weighted by Gasteiger charge is 2.26. The molecule has 0 atom stereocenters. The number of hydrogen-bond acceptors (Lipinski definition) is 7. The van der Waals surface area contributed by atoms with Crippen LogP contribution in [0, 0.1) is 10.1 Å². The van der Waals surface area contributed by atoms with Crippen LogP contribution in [0.1, 0.15) is 24.2 Å². The smallest absolute Gasteiger partial charge is 0.338 e. The van der Waals surface area contributed by atoms with E-state index in [1.165, 1.54) is 30.3 Å². The van der Waals surface area contributed by atoms with E-state index < -0.39 is 31.5 Å². The Morgan fingerprint density at radius 2 is 1.85 bits per heavy atom. The lowest BCUT2D eigenvalue weighted by molar-refractivity contribution is -0.387. The molecule has 0 saturated heterocycles. The van der Waals surface area contributed by atoms with Gasteiger partial charge in [-0.15, -0.1) is 0 Å².